The van der Waals surface area contributed by atoms with Crippen LogP contribution in [0, 0.1) is 0 Å². The molecule has 1 amide bonds. The van der Waals surface area contributed by atoms with Crippen LogP contribution >= 0.6 is 11.3 Å². The predicted molar refractivity (Wildman–Crippen MR) is 79.9 cm³/mol. The van der Waals surface area contributed by atoms with Crippen molar-refractivity contribution in [1.29, 1.82) is 0 Å². The van der Waals surface area contributed by atoms with Crippen molar-refractivity contribution in [2.24, 2.45) is 0 Å². The van der Waals surface area contributed by atoms with Gasteiger partial charge in [0.05, 0.1) is 23.2 Å². The van der Waals surface area contributed by atoms with Crippen molar-refractivity contribution in [3.63, 3.8) is 0 Å². The average molecular weight is 297 g/mol. The maximum Gasteiger partial charge on any atom is 0.228 e. The minimum atomic E-state index is -0.306. The fourth-order valence-electron chi connectivity index (χ4n) is 2.41. The Kier molecular flexibility index (Phi) is 5.51. The van der Waals surface area contributed by atoms with E-state index in [9.17, 15) is 9.90 Å². The molecule has 1 atom stereocenters. The summed E-state index contributed by atoms with van der Waals surface area (Å²) in [6, 6.07) is 0. The van der Waals surface area contributed by atoms with Crippen LogP contribution in [0.2, 0.25) is 0 Å². The molecule has 2 heterocycles. The molecule has 1 N–H and O–H groups in total. The molecule has 6 heteroatoms. The zero-order valence-corrected chi connectivity index (χ0v) is 13.0. The summed E-state index contributed by atoms with van der Waals surface area (Å²) in [5.41, 5.74) is 0.892. The molecular weight excluding hydrogens is 274 g/mol. The Hall–Kier alpha value is -0.980. The largest absolute Gasteiger partial charge is 0.392 e. The maximum atomic E-state index is 12.2. The van der Waals surface area contributed by atoms with Crippen LogP contribution in [0.4, 0.5) is 0 Å². The highest BCUT2D eigenvalue weighted by molar-refractivity contribution is 7.09. The van der Waals surface area contributed by atoms with Crippen molar-refractivity contribution in [2.75, 3.05) is 32.7 Å². The fourth-order valence-corrected chi connectivity index (χ4v) is 3.16. The maximum absolute atomic E-state index is 12.2. The Labute approximate surface area is 124 Å². The Morgan fingerprint density at radius 1 is 1.45 bits per heavy atom. The first-order valence-corrected chi connectivity index (χ1v) is 8.08. The topological polar surface area (TPSA) is 56.7 Å². The minimum absolute atomic E-state index is 0.162. The Balaban J connectivity index is 1.79. The van der Waals surface area contributed by atoms with Crippen molar-refractivity contribution >= 4 is 17.2 Å². The molecule has 0 bridgehead atoms. The van der Waals surface area contributed by atoms with E-state index < -0.39 is 0 Å². The number of aromatic nitrogens is 1. The second-order valence-electron chi connectivity index (χ2n) is 5.29. The highest BCUT2D eigenvalue weighted by atomic mass is 32.1. The van der Waals surface area contributed by atoms with Crippen molar-refractivity contribution in [3.8, 4) is 0 Å². The first-order chi connectivity index (χ1) is 9.58. The third-order valence-corrected chi connectivity index (χ3v) is 4.52. The van der Waals surface area contributed by atoms with Crippen LogP contribution in [0.25, 0.3) is 0 Å². The molecule has 0 unspecified atom stereocenters. The van der Waals surface area contributed by atoms with E-state index in [0.29, 0.717) is 13.0 Å². The average Bonchev–Trinajstić information content (AvgIpc) is 2.86. The van der Waals surface area contributed by atoms with Gasteiger partial charge in [0.25, 0.3) is 0 Å². The van der Waals surface area contributed by atoms with E-state index in [1.807, 2.05) is 10.3 Å². The molecule has 0 aliphatic carbocycles. The van der Waals surface area contributed by atoms with Crippen molar-refractivity contribution in [2.45, 2.75) is 32.8 Å². The van der Waals surface area contributed by atoms with Gasteiger partial charge in [0.1, 0.15) is 0 Å². The van der Waals surface area contributed by atoms with Gasteiger partial charge in [-0.2, -0.15) is 0 Å². The van der Waals surface area contributed by atoms with Gasteiger partial charge in [0, 0.05) is 38.1 Å². The molecule has 112 valence electrons. The lowest BCUT2D eigenvalue weighted by Crippen LogP contribution is -2.50. The number of hydrogen-bond donors (Lipinski definition) is 1. The summed E-state index contributed by atoms with van der Waals surface area (Å²) >= 11 is 1.63. The zero-order valence-electron chi connectivity index (χ0n) is 12.2. The van der Waals surface area contributed by atoms with Crippen molar-refractivity contribution in [1.82, 2.24) is 14.8 Å². The number of β-amino-alcohol motifs (C(OH)–C–C–N with tert-alkyl or cyclic N) is 1. The lowest BCUT2D eigenvalue weighted by molar-refractivity contribution is -0.132. The number of aliphatic hydroxyl groups is 1. The van der Waals surface area contributed by atoms with Gasteiger partial charge in [0.2, 0.25) is 5.91 Å². The molecule has 0 spiro atoms. The number of aryl methyl sites for hydroxylation is 1. The molecule has 2 rings (SSSR count). The zero-order chi connectivity index (χ0) is 14.5. The molecule has 1 aliphatic rings. The minimum Gasteiger partial charge on any atom is -0.392 e. The number of carbonyl (C=O) groups is 1. The monoisotopic (exact) mass is 297 g/mol. The summed E-state index contributed by atoms with van der Waals surface area (Å²) in [4.78, 5) is 20.8. The van der Waals surface area contributed by atoms with Gasteiger partial charge in [-0.25, -0.2) is 4.98 Å². The molecule has 1 saturated heterocycles. The third kappa shape index (κ3) is 4.26. The molecule has 0 aromatic carbocycles. The molecule has 5 nitrogen and oxygen atoms in total. The normalized spacial score (nSPS) is 18.2. The molecule has 1 aliphatic heterocycles. The van der Waals surface area contributed by atoms with E-state index in [-0.39, 0.29) is 12.0 Å². The van der Waals surface area contributed by atoms with Crippen molar-refractivity contribution in [3.05, 3.63) is 16.1 Å². The van der Waals surface area contributed by atoms with Crippen LogP contribution in [0.3, 0.4) is 0 Å². The second kappa shape index (κ2) is 7.15. The molecule has 1 aromatic rings. The van der Waals surface area contributed by atoms with Crippen molar-refractivity contribution < 1.29 is 9.90 Å². The molecule has 1 fully saturated rings. The van der Waals surface area contributed by atoms with E-state index in [2.05, 4.69) is 16.8 Å². The summed E-state index contributed by atoms with van der Waals surface area (Å²) in [7, 11) is 0. The number of piperazine rings is 1. The van der Waals surface area contributed by atoms with Gasteiger partial charge in [0.15, 0.2) is 0 Å². The predicted octanol–water partition coefficient (Wildman–Crippen LogP) is 0.773. The lowest BCUT2D eigenvalue weighted by atomic mass is 10.2. The first kappa shape index (κ1) is 15.4. The number of aliphatic hydroxyl groups excluding tert-OH is 1. The molecule has 0 saturated carbocycles. The fraction of sp³-hybridized carbons (Fsp3) is 0.714. The summed E-state index contributed by atoms with van der Waals surface area (Å²) in [6.45, 7) is 7.74. The van der Waals surface area contributed by atoms with Gasteiger partial charge >= 0.3 is 0 Å². The van der Waals surface area contributed by atoms with Crippen LogP contribution < -0.4 is 0 Å². The number of carbonyl (C=O) groups excluding carboxylic acids is 1. The third-order valence-electron chi connectivity index (χ3n) is 3.48. The first-order valence-electron chi connectivity index (χ1n) is 7.20. The smallest absolute Gasteiger partial charge is 0.228 e. The van der Waals surface area contributed by atoms with Gasteiger partial charge < -0.3 is 10.0 Å². The number of thiazole rings is 1. The number of rotatable bonds is 5. The highest BCUT2D eigenvalue weighted by Crippen LogP contribution is 2.12. The van der Waals surface area contributed by atoms with Gasteiger partial charge in [-0.1, -0.05) is 6.92 Å². The Bertz CT molecular complexity index is 439. The van der Waals surface area contributed by atoms with E-state index >= 15 is 0 Å². The Morgan fingerprint density at radius 3 is 2.70 bits per heavy atom. The van der Waals surface area contributed by atoms with E-state index in [1.54, 1.807) is 18.3 Å². The van der Waals surface area contributed by atoms with Crippen LogP contribution in [0.5, 0.6) is 0 Å². The van der Waals surface area contributed by atoms with E-state index in [0.717, 1.165) is 43.3 Å². The van der Waals surface area contributed by atoms with Gasteiger partial charge in [-0.15, -0.1) is 11.3 Å². The van der Waals surface area contributed by atoms with E-state index in [1.165, 1.54) is 0 Å². The quantitative estimate of drug-likeness (QED) is 0.872. The van der Waals surface area contributed by atoms with Crippen LogP contribution in [0.15, 0.2) is 5.38 Å². The molecule has 20 heavy (non-hydrogen) atoms. The van der Waals surface area contributed by atoms with Crippen LogP contribution in [0.1, 0.15) is 24.5 Å². The van der Waals surface area contributed by atoms with E-state index in [4.69, 9.17) is 0 Å². The standard InChI is InChI=1S/C14H23N3O2S/c1-3-13-15-12(10-20-13)8-14(19)17-6-4-16(5-7-17)9-11(2)18/h10-11,18H,3-9H2,1-2H3/t11-/m0/s1. The number of amides is 1. The molecule has 1 aromatic heterocycles. The summed E-state index contributed by atoms with van der Waals surface area (Å²) in [5.74, 6) is 0.162. The Morgan fingerprint density at radius 2 is 2.15 bits per heavy atom. The summed E-state index contributed by atoms with van der Waals surface area (Å²) in [5, 5.41) is 12.4. The van der Waals surface area contributed by atoms with Gasteiger partial charge in [-0.05, 0) is 13.3 Å². The SMILES string of the molecule is CCc1nc(CC(=O)N2CCN(C[C@H](C)O)CC2)cs1. The lowest BCUT2D eigenvalue weighted by Gasteiger charge is -2.35. The summed E-state index contributed by atoms with van der Waals surface area (Å²) in [6.07, 6.45) is 1.03. The summed E-state index contributed by atoms with van der Waals surface area (Å²) < 4.78 is 0. The highest BCUT2D eigenvalue weighted by Gasteiger charge is 2.22. The van der Waals surface area contributed by atoms with Gasteiger partial charge in [-0.3, -0.25) is 9.69 Å². The number of nitrogens with zero attached hydrogens (tertiary/aromatic N) is 3. The van der Waals surface area contributed by atoms with Crippen LogP contribution in [-0.4, -0.2) is 64.6 Å². The molecule has 0 radical (unpaired) electrons. The molecular formula is C14H23N3O2S. The number of hydrogen-bond acceptors (Lipinski definition) is 5. The second-order valence-corrected chi connectivity index (χ2v) is 6.24. The van der Waals surface area contributed by atoms with Crippen LogP contribution in [-0.2, 0) is 17.6 Å².